The number of nitrogens with one attached hydrogen (secondary N) is 3. The molecule has 3 fully saturated rings. The molecule has 3 N–H and O–H groups in total. The Bertz CT molecular complexity index is 3440. The molecule has 1 atom stereocenters. The number of esters is 3. The van der Waals surface area contributed by atoms with Gasteiger partial charge in [0.25, 0.3) is 17.7 Å². The van der Waals surface area contributed by atoms with Gasteiger partial charge in [0.1, 0.15) is 19.6 Å². The predicted octanol–water partition coefficient (Wildman–Crippen LogP) is 7.12. The maximum Gasteiger partial charge on any atom is 0.340 e. The molecule has 17 nitrogen and oxygen atoms in total. The number of ether oxygens (including phenoxy) is 3. The molecule has 0 aromatic heterocycles. The number of benzene rings is 6. The van der Waals surface area contributed by atoms with E-state index in [2.05, 4.69) is 90.5 Å². The van der Waals surface area contributed by atoms with E-state index in [-0.39, 0.29) is 69.9 Å². The molecule has 526 valence electrons. The van der Waals surface area contributed by atoms with Gasteiger partial charge < -0.3 is 87.5 Å². The Hall–Kier alpha value is -7.55. The van der Waals surface area contributed by atoms with Crippen molar-refractivity contribution in [3.05, 3.63) is 196 Å². The zero-order valence-electron chi connectivity index (χ0n) is 58.5. The zero-order chi connectivity index (χ0) is 68.8. The Morgan fingerprint density at radius 3 is 1.34 bits per heavy atom. The van der Waals surface area contributed by atoms with Crippen LogP contribution in [0.1, 0.15) is 177 Å². The van der Waals surface area contributed by atoms with Crippen LogP contribution < -0.4 is 55.0 Å². The standard InChI is InChI=1S/C27H36N2O3.C26H34N2O3.C24H30N2O3.CH2O2.2BrH/c1-5-21-13-11-14-22(18-21)19-29(16-8-7-9-17-29)24(6-2)26(30)28-25-20(3)12-10-15-23(25)27(31)32-4;1-20(2)31-26(30)23-15-11-12-21(3)25(23)27-24(29)19-28(16-9-4-5-10-17-28)18-22-13-7-6-8-14-22;1-19(2)29-24(28)21-13-7-8-14-22(21)25-23(27)18-26(15-9-4-10-16-26)17-20-11-5-3-6-12-20;2-1-3;;/h10-15,18,24H,5-9,16-17,19H2,1-4H3;6-8,11-15,20H,4-5,9-10,16-19H2,1-3H3;3,5-8,11-14,19H,4,9-10,15-18H2,1-2H3;1H,(H,2,3);2*1H. The molecule has 6 aromatic rings. The number of hydrogen-bond donors (Lipinski definition) is 3. The summed E-state index contributed by atoms with van der Waals surface area (Å²) in [5.41, 5.74) is 9.69. The molecule has 3 aliphatic rings. The number of amides is 3. The molecule has 0 radical (unpaired) electrons. The van der Waals surface area contributed by atoms with Crippen molar-refractivity contribution < 1.29 is 100 Å². The van der Waals surface area contributed by atoms with Gasteiger partial charge in [-0.05, 0) is 153 Å². The number of likely N-dealkylation sites (tertiary alicyclic amines) is 3. The fourth-order valence-electron chi connectivity index (χ4n) is 13.7. The molecular weight excluding hydrogens is 1360 g/mol. The minimum Gasteiger partial charge on any atom is -1.00 e. The van der Waals surface area contributed by atoms with Gasteiger partial charge in [-0.1, -0.05) is 135 Å². The lowest BCUT2D eigenvalue weighted by Gasteiger charge is -2.46. The van der Waals surface area contributed by atoms with E-state index >= 15 is 0 Å². The van der Waals surface area contributed by atoms with E-state index in [1.54, 1.807) is 30.3 Å². The second-order valence-corrected chi connectivity index (χ2v) is 26.3. The number of carbonyl (C=O) groups is 7. The maximum absolute atomic E-state index is 13.7. The second kappa shape index (κ2) is 41.6. The number of methoxy groups -OCH3 is 1. The van der Waals surface area contributed by atoms with Crippen LogP contribution in [0.15, 0.2) is 146 Å². The minimum atomic E-state index is -0.500. The molecule has 6 aromatic carbocycles. The van der Waals surface area contributed by atoms with E-state index in [4.69, 9.17) is 24.1 Å². The molecule has 0 saturated carbocycles. The topological polar surface area (TPSA) is 206 Å². The molecule has 19 heteroatoms. The molecule has 1 unspecified atom stereocenters. The molecule has 3 amide bonds. The van der Waals surface area contributed by atoms with E-state index < -0.39 is 24.4 Å². The van der Waals surface area contributed by atoms with Crippen molar-refractivity contribution in [3.63, 3.8) is 0 Å². The summed E-state index contributed by atoms with van der Waals surface area (Å²) < 4.78 is 17.9. The van der Waals surface area contributed by atoms with Gasteiger partial charge in [-0.3, -0.25) is 14.4 Å². The first-order valence-electron chi connectivity index (χ1n) is 34.2. The summed E-state index contributed by atoms with van der Waals surface area (Å²) >= 11 is 0. The van der Waals surface area contributed by atoms with Crippen molar-refractivity contribution in [2.24, 2.45) is 0 Å². The molecular formula is C78H104Br2N6O11. The van der Waals surface area contributed by atoms with E-state index in [1.165, 1.54) is 55.0 Å². The van der Waals surface area contributed by atoms with Gasteiger partial charge in [0.2, 0.25) is 0 Å². The summed E-state index contributed by atoms with van der Waals surface area (Å²) in [6.07, 6.45) is 13.0. The lowest BCUT2D eigenvalue weighted by molar-refractivity contribution is -0.959. The fraction of sp³-hybridized carbons (Fsp3) is 0.449. The smallest absolute Gasteiger partial charge is 0.340 e. The SMILES string of the molecule is CC(C)OC(=O)c1ccccc1NC(=O)C[N+]1(Cc2ccccc2)CCCCC1.CCc1cccc(C[N+]2(C(CC)C(=O)Nc3c(C)cccc3C(=O)OC)CCCCC2)c1.Cc1cccc(C(=O)OC(C)C)c1NC(=O)C[N+]1(Cc2ccccc2)CCCCCC1.O=C[O-].[Br-].[Br-]. The van der Waals surface area contributed by atoms with Crippen molar-refractivity contribution in [3.8, 4) is 0 Å². The highest BCUT2D eigenvalue weighted by atomic mass is 79.9. The largest absolute Gasteiger partial charge is 1.00 e. The summed E-state index contributed by atoms with van der Waals surface area (Å²) in [5.74, 6) is -1.38. The Morgan fingerprint density at radius 2 is 0.866 bits per heavy atom. The average Bonchev–Trinajstić information content (AvgIpc) is 0.816. The third kappa shape index (κ3) is 25.4. The number of hydrogen-bond acceptors (Lipinski definition) is 11. The Morgan fingerprint density at radius 1 is 0.474 bits per heavy atom. The van der Waals surface area contributed by atoms with E-state index in [1.807, 2.05) is 96.1 Å². The predicted molar refractivity (Wildman–Crippen MR) is 373 cm³/mol. The van der Waals surface area contributed by atoms with Crippen molar-refractivity contribution in [1.29, 1.82) is 0 Å². The summed E-state index contributed by atoms with van der Waals surface area (Å²) in [7, 11) is 1.36. The van der Waals surface area contributed by atoms with Crippen molar-refractivity contribution >= 4 is 59.2 Å². The Kier molecular flexibility index (Phi) is 35.2. The maximum atomic E-state index is 13.7. The van der Waals surface area contributed by atoms with E-state index in [9.17, 15) is 28.8 Å². The summed E-state index contributed by atoms with van der Waals surface area (Å²) in [6, 6.07) is 47.3. The molecule has 97 heavy (non-hydrogen) atoms. The molecule has 3 saturated heterocycles. The monoisotopic (exact) mass is 1460 g/mol. The van der Waals surface area contributed by atoms with Crippen LogP contribution >= 0.6 is 0 Å². The third-order valence-corrected chi connectivity index (χ3v) is 18.2. The highest BCUT2D eigenvalue weighted by molar-refractivity contribution is 6.04. The number of carbonyl (C=O) groups excluding carboxylic acids is 7. The first kappa shape index (κ1) is 81.9. The van der Waals surface area contributed by atoms with Gasteiger partial charge in [-0.15, -0.1) is 0 Å². The number of nitrogens with zero attached hydrogens (tertiary/aromatic N) is 3. The first-order chi connectivity index (χ1) is 45.7. The summed E-state index contributed by atoms with van der Waals surface area (Å²) in [5, 5.41) is 17.4. The quantitative estimate of drug-likeness (QED) is 0.0270. The van der Waals surface area contributed by atoms with Crippen LogP contribution in [-0.2, 0) is 59.4 Å². The number of quaternary nitrogens is 3. The lowest BCUT2D eigenvalue weighted by Crippen LogP contribution is -3.00. The van der Waals surface area contributed by atoms with Gasteiger partial charge in [-0.25, -0.2) is 14.4 Å². The average molecular weight is 1460 g/mol. The minimum absolute atomic E-state index is 0. The molecule has 3 heterocycles. The van der Waals surface area contributed by atoms with Gasteiger partial charge in [-0.2, -0.15) is 0 Å². The van der Waals surface area contributed by atoms with Crippen LogP contribution in [0.5, 0.6) is 0 Å². The van der Waals surface area contributed by atoms with Gasteiger partial charge in [0.05, 0.1) is 92.3 Å². The number of carboxylic acid groups (broad SMARTS) is 1. The summed E-state index contributed by atoms with van der Waals surface area (Å²) in [4.78, 5) is 85.4. The van der Waals surface area contributed by atoms with E-state index in [0.717, 1.165) is 135 Å². The molecule has 3 aliphatic heterocycles. The normalized spacial score (nSPS) is 15.2. The number of aryl methyl sites for hydroxylation is 3. The number of anilines is 3. The number of rotatable bonds is 22. The van der Waals surface area contributed by atoms with Gasteiger partial charge in [0.15, 0.2) is 19.1 Å². The van der Waals surface area contributed by atoms with Crippen LogP contribution in [0.4, 0.5) is 17.1 Å². The zero-order valence-corrected chi connectivity index (χ0v) is 61.7. The lowest BCUT2D eigenvalue weighted by atomic mass is 9.97. The Labute approximate surface area is 597 Å². The number of para-hydroxylation sites is 3. The highest BCUT2D eigenvalue weighted by Crippen LogP contribution is 2.32. The number of halogens is 2. The van der Waals surface area contributed by atoms with Crippen LogP contribution in [0.25, 0.3) is 0 Å². The molecule has 0 bridgehead atoms. The van der Waals surface area contributed by atoms with E-state index in [0.29, 0.717) is 46.8 Å². The van der Waals surface area contributed by atoms with Crippen LogP contribution in [0.3, 0.4) is 0 Å². The fourth-order valence-corrected chi connectivity index (χ4v) is 13.7. The third-order valence-electron chi connectivity index (χ3n) is 18.2. The van der Waals surface area contributed by atoms with Crippen LogP contribution in [0, 0.1) is 13.8 Å². The first-order valence-corrected chi connectivity index (χ1v) is 34.2. The van der Waals surface area contributed by atoms with Gasteiger partial charge >= 0.3 is 17.9 Å². The Balaban J connectivity index is 0.000000300. The second-order valence-electron chi connectivity index (χ2n) is 26.3. The highest BCUT2D eigenvalue weighted by Gasteiger charge is 2.43. The van der Waals surface area contributed by atoms with Crippen molar-refractivity contribution in [2.45, 2.75) is 170 Å². The summed E-state index contributed by atoms with van der Waals surface area (Å²) in [6.45, 7) is 24.2. The molecule has 0 spiro atoms. The van der Waals surface area contributed by atoms with Crippen LogP contribution in [0.2, 0.25) is 0 Å². The van der Waals surface area contributed by atoms with Crippen molar-refractivity contribution in [1.82, 2.24) is 0 Å². The van der Waals surface area contributed by atoms with Crippen molar-refractivity contribution in [2.75, 3.05) is 75.4 Å². The van der Waals surface area contributed by atoms with Gasteiger partial charge in [0, 0.05) is 29.6 Å². The number of piperidine rings is 2. The molecule has 9 rings (SSSR count). The molecule has 0 aliphatic carbocycles. The van der Waals surface area contributed by atoms with Crippen LogP contribution in [-0.4, -0.2) is 133 Å².